The predicted molar refractivity (Wildman–Crippen MR) is 117 cm³/mol. The van der Waals surface area contributed by atoms with Gasteiger partial charge in [-0.05, 0) is 43.9 Å². The van der Waals surface area contributed by atoms with Crippen LogP contribution in [0.15, 0.2) is 46.3 Å². The van der Waals surface area contributed by atoms with Gasteiger partial charge in [-0.2, -0.15) is 5.10 Å². The molecule has 2 aromatic rings. The lowest BCUT2D eigenvalue weighted by Gasteiger charge is -2.21. The standard InChI is InChI=1S/C19H29N5O2.HI/c1-2-14-26-18(6-1)16-22-19(21-11-8-17-7-3-15-25-17)20-9-4-12-24-13-5-10-23-24;/h3,5,7,10,13,15,18H,1-2,4,6,8-9,11-12,14,16H2,(H2,20,21,22);1H. The summed E-state index contributed by atoms with van der Waals surface area (Å²) in [4.78, 5) is 4.72. The zero-order valence-electron chi connectivity index (χ0n) is 15.7. The summed E-state index contributed by atoms with van der Waals surface area (Å²) < 4.78 is 13.1. The van der Waals surface area contributed by atoms with Crippen molar-refractivity contribution < 1.29 is 9.15 Å². The summed E-state index contributed by atoms with van der Waals surface area (Å²) >= 11 is 0. The van der Waals surface area contributed by atoms with Crippen molar-refractivity contribution >= 4 is 29.9 Å². The Kier molecular flexibility index (Phi) is 10.3. The Morgan fingerprint density at radius 3 is 2.93 bits per heavy atom. The Hall–Kier alpha value is -1.55. The first-order valence-corrected chi connectivity index (χ1v) is 9.54. The normalized spacial score (nSPS) is 17.3. The summed E-state index contributed by atoms with van der Waals surface area (Å²) in [6.07, 6.45) is 11.1. The minimum Gasteiger partial charge on any atom is -0.469 e. The molecule has 150 valence electrons. The molecule has 1 unspecified atom stereocenters. The minimum atomic E-state index is 0. The van der Waals surface area contributed by atoms with E-state index < -0.39 is 0 Å². The second kappa shape index (κ2) is 12.8. The monoisotopic (exact) mass is 487 g/mol. The smallest absolute Gasteiger partial charge is 0.191 e. The lowest BCUT2D eigenvalue weighted by Crippen LogP contribution is -2.40. The molecule has 0 aromatic carbocycles. The summed E-state index contributed by atoms with van der Waals surface area (Å²) in [5.74, 6) is 1.82. The van der Waals surface area contributed by atoms with Gasteiger partial charge in [0, 0.05) is 45.1 Å². The van der Waals surface area contributed by atoms with Crippen LogP contribution in [0.2, 0.25) is 0 Å². The highest BCUT2D eigenvalue weighted by Gasteiger charge is 2.13. The average molecular weight is 487 g/mol. The van der Waals surface area contributed by atoms with Gasteiger partial charge in [-0.15, -0.1) is 24.0 Å². The Morgan fingerprint density at radius 1 is 1.26 bits per heavy atom. The number of rotatable bonds is 9. The largest absolute Gasteiger partial charge is 0.469 e. The number of furan rings is 1. The predicted octanol–water partition coefficient (Wildman–Crippen LogP) is 2.83. The Bertz CT molecular complexity index is 625. The van der Waals surface area contributed by atoms with E-state index in [1.54, 1.807) is 12.5 Å². The summed E-state index contributed by atoms with van der Waals surface area (Å²) in [5, 5.41) is 11.0. The van der Waals surface area contributed by atoms with Crippen LogP contribution < -0.4 is 10.6 Å². The number of nitrogens with one attached hydrogen (secondary N) is 2. The number of aryl methyl sites for hydroxylation is 1. The number of ether oxygens (including phenoxy) is 1. The number of hydrogen-bond donors (Lipinski definition) is 2. The van der Waals surface area contributed by atoms with Crippen LogP contribution in [0.4, 0.5) is 0 Å². The van der Waals surface area contributed by atoms with Gasteiger partial charge in [0.1, 0.15) is 5.76 Å². The molecule has 1 saturated heterocycles. The third kappa shape index (κ3) is 8.34. The fourth-order valence-electron chi connectivity index (χ4n) is 2.96. The molecule has 0 aliphatic carbocycles. The Morgan fingerprint density at radius 2 is 2.19 bits per heavy atom. The maximum Gasteiger partial charge on any atom is 0.191 e. The van der Waals surface area contributed by atoms with E-state index in [0.717, 1.165) is 57.2 Å². The molecule has 0 amide bonds. The third-order valence-electron chi connectivity index (χ3n) is 4.39. The van der Waals surface area contributed by atoms with Crippen molar-refractivity contribution in [3.8, 4) is 0 Å². The number of halogens is 1. The first kappa shape index (κ1) is 21.7. The molecule has 7 nitrogen and oxygen atoms in total. The fraction of sp³-hybridized carbons (Fsp3) is 0.579. The molecule has 0 saturated carbocycles. The number of hydrogen-bond acceptors (Lipinski definition) is 4. The second-order valence-corrected chi connectivity index (χ2v) is 6.48. The van der Waals surface area contributed by atoms with Gasteiger partial charge in [0.05, 0.1) is 18.9 Å². The van der Waals surface area contributed by atoms with Crippen molar-refractivity contribution in [3.63, 3.8) is 0 Å². The highest BCUT2D eigenvalue weighted by Crippen LogP contribution is 2.12. The van der Waals surface area contributed by atoms with Crippen molar-refractivity contribution in [2.24, 2.45) is 4.99 Å². The maximum absolute atomic E-state index is 5.78. The van der Waals surface area contributed by atoms with Crippen molar-refractivity contribution in [3.05, 3.63) is 42.6 Å². The van der Waals surface area contributed by atoms with Crippen molar-refractivity contribution in [1.29, 1.82) is 0 Å². The molecular weight excluding hydrogens is 457 g/mol. The summed E-state index contributed by atoms with van der Waals surface area (Å²) in [6.45, 7) is 4.08. The SMILES string of the molecule is I.c1coc(CCNC(=NCC2CCCCO2)NCCCn2cccn2)c1. The van der Waals surface area contributed by atoms with E-state index in [1.165, 1.54) is 12.8 Å². The zero-order chi connectivity index (χ0) is 17.9. The van der Waals surface area contributed by atoms with E-state index in [2.05, 4.69) is 15.7 Å². The van der Waals surface area contributed by atoms with Crippen LogP contribution in [0.1, 0.15) is 31.4 Å². The van der Waals surface area contributed by atoms with Crippen molar-refractivity contribution in [2.75, 3.05) is 26.2 Å². The molecule has 0 spiro atoms. The summed E-state index contributed by atoms with van der Waals surface area (Å²) in [6, 6.07) is 5.85. The van der Waals surface area contributed by atoms with Gasteiger partial charge in [0.25, 0.3) is 0 Å². The molecule has 2 N–H and O–H groups in total. The van der Waals surface area contributed by atoms with Gasteiger partial charge in [-0.1, -0.05) is 0 Å². The molecule has 3 rings (SSSR count). The zero-order valence-corrected chi connectivity index (χ0v) is 18.0. The van der Waals surface area contributed by atoms with E-state index in [0.29, 0.717) is 6.54 Å². The van der Waals surface area contributed by atoms with E-state index >= 15 is 0 Å². The molecule has 0 bridgehead atoms. The molecule has 0 radical (unpaired) electrons. The van der Waals surface area contributed by atoms with Crippen LogP contribution in [0, 0.1) is 0 Å². The van der Waals surface area contributed by atoms with Crippen molar-refractivity contribution in [2.45, 2.75) is 44.8 Å². The van der Waals surface area contributed by atoms with E-state index in [4.69, 9.17) is 14.1 Å². The van der Waals surface area contributed by atoms with Gasteiger partial charge in [0.15, 0.2) is 5.96 Å². The maximum atomic E-state index is 5.78. The van der Waals surface area contributed by atoms with Gasteiger partial charge < -0.3 is 19.8 Å². The second-order valence-electron chi connectivity index (χ2n) is 6.48. The highest BCUT2D eigenvalue weighted by molar-refractivity contribution is 14.0. The lowest BCUT2D eigenvalue weighted by molar-refractivity contribution is 0.0224. The van der Waals surface area contributed by atoms with Gasteiger partial charge >= 0.3 is 0 Å². The fourth-order valence-corrected chi connectivity index (χ4v) is 2.96. The first-order valence-electron chi connectivity index (χ1n) is 9.54. The van der Waals surface area contributed by atoms with Crippen LogP contribution in [0.25, 0.3) is 0 Å². The molecular formula is C19H30IN5O2. The van der Waals surface area contributed by atoms with Crippen LogP contribution in [-0.4, -0.2) is 48.1 Å². The van der Waals surface area contributed by atoms with Crippen LogP contribution in [0.3, 0.4) is 0 Å². The minimum absolute atomic E-state index is 0. The van der Waals surface area contributed by atoms with Gasteiger partial charge in [-0.25, -0.2) is 0 Å². The number of aromatic nitrogens is 2. The van der Waals surface area contributed by atoms with Gasteiger partial charge in [-0.3, -0.25) is 9.67 Å². The van der Waals surface area contributed by atoms with Gasteiger partial charge in [0.2, 0.25) is 0 Å². The molecule has 1 fully saturated rings. The summed E-state index contributed by atoms with van der Waals surface area (Å²) in [7, 11) is 0. The van der Waals surface area contributed by atoms with E-state index in [9.17, 15) is 0 Å². The first-order chi connectivity index (χ1) is 12.9. The van der Waals surface area contributed by atoms with Crippen LogP contribution in [-0.2, 0) is 17.7 Å². The van der Waals surface area contributed by atoms with Crippen LogP contribution >= 0.6 is 24.0 Å². The molecule has 3 heterocycles. The van der Waals surface area contributed by atoms with E-state index in [1.807, 2.05) is 29.1 Å². The quantitative estimate of drug-likeness (QED) is 0.246. The van der Waals surface area contributed by atoms with Crippen molar-refractivity contribution in [1.82, 2.24) is 20.4 Å². The topological polar surface area (TPSA) is 76.6 Å². The van der Waals surface area contributed by atoms with Crippen LogP contribution in [0.5, 0.6) is 0 Å². The average Bonchev–Trinajstić information content (AvgIpc) is 3.37. The molecule has 2 aromatic heterocycles. The lowest BCUT2D eigenvalue weighted by atomic mass is 10.1. The molecule has 27 heavy (non-hydrogen) atoms. The Balaban J connectivity index is 0.00000261. The molecule has 1 aliphatic rings. The summed E-state index contributed by atoms with van der Waals surface area (Å²) in [5.41, 5.74) is 0. The van der Waals surface area contributed by atoms with E-state index in [-0.39, 0.29) is 30.1 Å². The third-order valence-corrected chi connectivity index (χ3v) is 4.39. The number of nitrogens with zero attached hydrogens (tertiary/aromatic N) is 3. The molecule has 1 aliphatic heterocycles. The Labute approximate surface area is 178 Å². The number of aliphatic imine (C=N–C) groups is 1. The molecule has 8 heteroatoms. The number of guanidine groups is 1. The molecule has 1 atom stereocenters. The highest BCUT2D eigenvalue weighted by atomic mass is 127.